The summed E-state index contributed by atoms with van der Waals surface area (Å²) in [6.45, 7) is 1.91. The molecule has 0 amide bonds. The molecule has 4 nitrogen and oxygen atoms in total. The molecule has 0 saturated heterocycles. The van der Waals surface area contributed by atoms with Gasteiger partial charge in [-0.2, -0.15) is 0 Å². The van der Waals surface area contributed by atoms with Crippen molar-refractivity contribution >= 4 is 40.6 Å². The monoisotopic (exact) mass is 360 g/mol. The van der Waals surface area contributed by atoms with Gasteiger partial charge in [-0.15, -0.1) is 0 Å². The molecule has 0 aromatic heterocycles. The van der Waals surface area contributed by atoms with Crippen LogP contribution in [0.2, 0.25) is 0 Å². The Labute approximate surface area is 119 Å². The fourth-order valence-electron chi connectivity index (χ4n) is 1.33. The van der Waals surface area contributed by atoms with Gasteiger partial charge in [0.25, 0.3) is 0 Å². The molecule has 96 valence electrons. The standard InChI is InChI=1S/C13H13IO4/c1-2-18-13(17)10(8-12(15)16)7-9-3-5-11(14)6-4-9/h3-7H,2,8H2,1H3,(H,15,16)/b10-7+. The molecule has 0 saturated carbocycles. The maximum atomic E-state index is 11.6. The van der Waals surface area contributed by atoms with E-state index in [1.807, 2.05) is 24.3 Å². The third-order valence-corrected chi connectivity index (χ3v) is 2.81. The normalized spacial score (nSPS) is 11.1. The van der Waals surface area contributed by atoms with Crippen molar-refractivity contribution in [1.29, 1.82) is 0 Å². The average molecular weight is 360 g/mol. The number of benzene rings is 1. The largest absolute Gasteiger partial charge is 0.481 e. The summed E-state index contributed by atoms with van der Waals surface area (Å²) in [6.07, 6.45) is 1.20. The molecule has 0 unspecified atom stereocenters. The molecule has 0 spiro atoms. The van der Waals surface area contributed by atoms with E-state index in [1.54, 1.807) is 13.0 Å². The number of aliphatic carboxylic acids is 1. The lowest BCUT2D eigenvalue weighted by Crippen LogP contribution is -2.11. The molecule has 0 aliphatic heterocycles. The number of carboxylic acids is 1. The van der Waals surface area contributed by atoms with E-state index in [-0.39, 0.29) is 18.6 Å². The zero-order chi connectivity index (χ0) is 13.5. The second kappa shape index (κ2) is 7.15. The lowest BCUT2D eigenvalue weighted by Gasteiger charge is -2.05. The molecule has 0 heterocycles. The van der Waals surface area contributed by atoms with Crippen molar-refractivity contribution in [2.45, 2.75) is 13.3 Å². The van der Waals surface area contributed by atoms with Crippen LogP contribution in [0.15, 0.2) is 29.8 Å². The van der Waals surface area contributed by atoms with E-state index in [4.69, 9.17) is 9.84 Å². The van der Waals surface area contributed by atoms with Gasteiger partial charge in [0.05, 0.1) is 13.0 Å². The topological polar surface area (TPSA) is 63.6 Å². The summed E-state index contributed by atoms with van der Waals surface area (Å²) in [6, 6.07) is 7.41. The lowest BCUT2D eigenvalue weighted by atomic mass is 10.1. The van der Waals surface area contributed by atoms with Gasteiger partial charge in [-0.3, -0.25) is 4.79 Å². The minimum absolute atomic E-state index is 0.144. The van der Waals surface area contributed by atoms with Crippen LogP contribution in [-0.2, 0) is 14.3 Å². The quantitative estimate of drug-likeness (QED) is 0.498. The Balaban J connectivity index is 2.97. The van der Waals surface area contributed by atoms with Gasteiger partial charge < -0.3 is 9.84 Å². The second-order valence-corrected chi connectivity index (χ2v) is 4.76. The number of rotatable bonds is 5. The summed E-state index contributed by atoms with van der Waals surface area (Å²) >= 11 is 2.17. The number of carboxylic acid groups (broad SMARTS) is 1. The van der Waals surface area contributed by atoms with Crippen molar-refractivity contribution in [3.05, 3.63) is 39.0 Å². The lowest BCUT2D eigenvalue weighted by molar-refractivity contribution is -0.142. The Hall–Kier alpha value is -1.37. The number of halogens is 1. The van der Waals surface area contributed by atoms with Gasteiger partial charge in [0.2, 0.25) is 0 Å². The van der Waals surface area contributed by atoms with Crippen molar-refractivity contribution < 1.29 is 19.4 Å². The highest BCUT2D eigenvalue weighted by Gasteiger charge is 2.14. The van der Waals surface area contributed by atoms with Crippen LogP contribution in [0.1, 0.15) is 18.9 Å². The maximum Gasteiger partial charge on any atom is 0.334 e. The van der Waals surface area contributed by atoms with Crippen LogP contribution in [0, 0.1) is 3.57 Å². The van der Waals surface area contributed by atoms with Crippen LogP contribution in [0.5, 0.6) is 0 Å². The Bertz CT molecular complexity index is 462. The Morgan fingerprint density at radius 1 is 1.33 bits per heavy atom. The van der Waals surface area contributed by atoms with Crippen LogP contribution in [0.25, 0.3) is 6.08 Å². The number of carbonyl (C=O) groups excluding carboxylic acids is 1. The van der Waals surface area contributed by atoms with E-state index >= 15 is 0 Å². The number of ether oxygens (including phenoxy) is 1. The fourth-order valence-corrected chi connectivity index (χ4v) is 1.69. The predicted molar refractivity (Wildman–Crippen MR) is 76.0 cm³/mol. The van der Waals surface area contributed by atoms with E-state index < -0.39 is 11.9 Å². The molecule has 1 N–H and O–H groups in total. The van der Waals surface area contributed by atoms with Crippen LogP contribution in [0.3, 0.4) is 0 Å². The van der Waals surface area contributed by atoms with E-state index in [1.165, 1.54) is 0 Å². The summed E-state index contributed by atoms with van der Waals surface area (Å²) < 4.78 is 5.90. The van der Waals surface area contributed by atoms with Crippen LogP contribution in [0.4, 0.5) is 0 Å². The van der Waals surface area contributed by atoms with Crippen LogP contribution < -0.4 is 0 Å². The predicted octanol–water partition coefficient (Wildman–Crippen LogP) is 2.71. The van der Waals surface area contributed by atoms with Gasteiger partial charge in [0, 0.05) is 9.14 Å². The van der Waals surface area contributed by atoms with Gasteiger partial charge in [-0.1, -0.05) is 12.1 Å². The summed E-state index contributed by atoms with van der Waals surface area (Å²) in [4.78, 5) is 22.3. The van der Waals surface area contributed by atoms with Gasteiger partial charge >= 0.3 is 11.9 Å². The highest BCUT2D eigenvalue weighted by Crippen LogP contribution is 2.14. The van der Waals surface area contributed by atoms with Crippen molar-refractivity contribution in [2.75, 3.05) is 6.61 Å². The van der Waals surface area contributed by atoms with E-state index in [9.17, 15) is 9.59 Å². The molecule has 18 heavy (non-hydrogen) atoms. The second-order valence-electron chi connectivity index (χ2n) is 3.51. The van der Waals surface area contributed by atoms with E-state index in [2.05, 4.69) is 22.6 Å². The van der Waals surface area contributed by atoms with Gasteiger partial charge in [-0.05, 0) is 53.3 Å². The molecule has 0 aliphatic carbocycles. The fraction of sp³-hybridized carbons (Fsp3) is 0.231. The Kier molecular flexibility index (Phi) is 5.84. The first-order valence-electron chi connectivity index (χ1n) is 5.38. The van der Waals surface area contributed by atoms with E-state index in [0.717, 1.165) is 9.13 Å². The van der Waals surface area contributed by atoms with Crippen LogP contribution in [-0.4, -0.2) is 23.7 Å². The number of hydrogen-bond acceptors (Lipinski definition) is 3. The van der Waals surface area contributed by atoms with Crippen LogP contribution >= 0.6 is 22.6 Å². The summed E-state index contributed by atoms with van der Waals surface area (Å²) in [5.41, 5.74) is 0.922. The third kappa shape index (κ3) is 4.87. The van der Waals surface area contributed by atoms with Gasteiger partial charge in [0.1, 0.15) is 0 Å². The maximum absolute atomic E-state index is 11.6. The van der Waals surface area contributed by atoms with Gasteiger partial charge in [0.15, 0.2) is 0 Å². The summed E-state index contributed by atoms with van der Waals surface area (Å²) in [5.74, 6) is -1.64. The molecule has 0 radical (unpaired) electrons. The van der Waals surface area contributed by atoms with E-state index in [0.29, 0.717) is 0 Å². The number of hydrogen-bond donors (Lipinski definition) is 1. The summed E-state index contributed by atoms with van der Waals surface area (Å²) in [5, 5.41) is 8.77. The average Bonchev–Trinajstić information content (AvgIpc) is 2.31. The van der Waals surface area contributed by atoms with Crippen molar-refractivity contribution in [3.8, 4) is 0 Å². The smallest absolute Gasteiger partial charge is 0.334 e. The first kappa shape index (κ1) is 14.7. The highest BCUT2D eigenvalue weighted by molar-refractivity contribution is 14.1. The Morgan fingerprint density at radius 3 is 2.44 bits per heavy atom. The minimum atomic E-state index is -1.06. The molecule has 0 fully saturated rings. The highest BCUT2D eigenvalue weighted by atomic mass is 127. The Morgan fingerprint density at radius 2 is 1.94 bits per heavy atom. The molecule has 1 aromatic rings. The molecular weight excluding hydrogens is 347 g/mol. The molecule has 1 aromatic carbocycles. The molecule has 0 bridgehead atoms. The summed E-state index contributed by atoms with van der Waals surface area (Å²) in [7, 11) is 0. The zero-order valence-corrected chi connectivity index (χ0v) is 12.0. The molecule has 0 aliphatic rings. The molecule has 0 atom stereocenters. The first-order chi connectivity index (χ1) is 8.52. The zero-order valence-electron chi connectivity index (χ0n) is 9.85. The molecule has 1 rings (SSSR count). The molecular formula is C13H13IO4. The van der Waals surface area contributed by atoms with Gasteiger partial charge in [-0.25, -0.2) is 4.79 Å². The third-order valence-electron chi connectivity index (χ3n) is 2.09. The van der Waals surface area contributed by atoms with Crippen molar-refractivity contribution in [2.24, 2.45) is 0 Å². The minimum Gasteiger partial charge on any atom is -0.481 e. The SMILES string of the molecule is CCOC(=O)/C(=C/c1ccc(I)cc1)CC(=O)O. The number of esters is 1. The van der Waals surface area contributed by atoms with Crippen molar-refractivity contribution in [1.82, 2.24) is 0 Å². The first-order valence-corrected chi connectivity index (χ1v) is 6.46. The van der Waals surface area contributed by atoms with Crippen molar-refractivity contribution in [3.63, 3.8) is 0 Å². The molecule has 5 heteroatoms. The number of carbonyl (C=O) groups is 2.